The predicted octanol–water partition coefficient (Wildman–Crippen LogP) is 4.80. The van der Waals surface area contributed by atoms with Crippen LogP contribution in [0.3, 0.4) is 0 Å². The van der Waals surface area contributed by atoms with Crippen molar-refractivity contribution in [2.75, 3.05) is 13.7 Å². The molecule has 1 aliphatic rings. The third-order valence-electron chi connectivity index (χ3n) is 4.45. The van der Waals surface area contributed by atoms with Crippen molar-refractivity contribution in [3.63, 3.8) is 0 Å². The molecule has 2 aromatic carbocycles. The van der Waals surface area contributed by atoms with Crippen LogP contribution < -0.4 is 15.4 Å². The summed E-state index contributed by atoms with van der Waals surface area (Å²) in [6.07, 6.45) is 2.35. The Bertz CT molecular complexity index is 673. The van der Waals surface area contributed by atoms with Gasteiger partial charge >= 0.3 is 0 Å². The van der Waals surface area contributed by atoms with E-state index < -0.39 is 0 Å². The van der Waals surface area contributed by atoms with E-state index in [1.807, 2.05) is 12.1 Å². The number of methoxy groups -OCH3 is 1. The number of nitrogens with one attached hydrogen (secondary N) is 2. The topological polar surface area (TPSA) is 33.3 Å². The molecule has 2 atom stereocenters. The van der Waals surface area contributed by atoms with Gasteiger partial charge in [-0.2, -0.15) is 0 Å². The minimum Gasteiger partial charge on any atom is -0.496 e. The molecular weight excluding hydrogens is 432 g/mol. The van der Waals surface area contributed by atoms with Crippen LogP contribution >= 0.6 is 31.9 Å². The first-order valence-electron chi connectivity index (χ1n) is 8.22. The third kappa shape index (κ3) is 4.39. The van der Waals surface area contributed by atoms with Gasteiger partial charge in [-0.25, -0.2) is 0 Å². The second kappa shape index (κ2) is 8.48. The van der Waals surface area contributed by atoms with Crippen LogP contribution in [0.5, 0.6) is 5.75 Å². The molecule has 3 rings (SSSR count). The molecule has 1 aliphatic heterocycles. The van der Waals surface area contributed by atoms with Gasteiger partial charge in [0.2, 0.25) is 0 Å². The Morgan fingerprint density at radius 1 is 1.17 bits per heavy atom. The summed E-state index contributed by atoms with van der Waals surface area (Å²) >= 11 is 7.20. The van der Waals surface area contributed by atoms with Gasteiger partial charge in [0.1, 0.15) is 5.75 Å². The van der Waals surface area contributed by atoms with Crippen molar-refractivity contribution >= 4 is 31.9 Å². The van der Waals surface area contributed by atoms with Crippen molar-refractivity contribution in [1.29, 1.82) is 0 Å². The second-order valence-electron chi connectivity index (χ2n) is 6.08. The number of hydrogen-bond acceptors (Lipinski definition) is 3. The number of para-hydroxylation sites is 1. The van der Waals surface area contributed by atoms with Gasteiger partial charge in [0.25, 0.3) is 0 Å². The summed E-state index contributed by atoms with van der Waals surface area (Å²) in [6, 6.07) is 15.4. The Morgan fingerprint density at radius 3 is 2.67 bits per heavy atom. The van der Waals surface area contributed by atoms with Crippen molar-refractivity contribution in [1.82, 2.24) is 10.6 Å². The number of hydrogen-bond donors (Lipinski definition) is 2. The molecule has 1 heterocycles. The first-order valence-corrected chi connectivity index (χ1v) is 9.80. The van der Waals surface area contributed by atoms with E-state index in [0.717, 1.165) is 34.2 Å². The molecule has 0 aliphatic carbocycles. The lowest BCUT2D eigenvalue weighted by Crippen LogP contribution is -2.45. The van der Waals surface area contributed by atoms with Crippen molar-refractivity contribution in [2.45, 2.75) is 31.5 Å². The van der Waals surface area contributed by atoms with Crippen molar-refractivity contribution in [3.8, 4) is 5.75 Å². The van der Waals surface area contributed by atoms with Crippen LogP contribution in [0.2, 0.25) is 0 Å². The van der Waals surface area contributed by atoms with Crippen molar-refractivity contribution < 1.29 is 4.74 Å². The van der Waals surface area contributed by atoms with E-state index in [0.29, 0.717) is 12.1 Å². The van der Waals surface area contributed by atoms with E-state index in [1.165, 1.54) is 17.5 Å². The lowest BCUT2D eigenvalue weighted by molar-refractivity contribution is 0.302. The average molecular weight is 454 g/mol. The first-order chi connectivity index (χ1) is 11.7. The third-order valence-corrected chi connectivity index (χ3v) is 5.37. The Morgan fingerprint density at radius 2 is 1.92 bits per heavy atom. The first kappa shape index (κ1) is 17.9. The molecule has 0 radical (unpaired) electrons. The van der Waals surface area contributed by atoms with Gasteiger partial charge < -0.3 is 15.4 Å². The van der Waals surface area contributed by atoms with Crippen molar-refractivity contribution in [2.24, 2.45) is 0 Å². The molecule has 0 bridgehead atoms. The van der Waals surface area contributed by atoms with Crippen molar-refractivity contribution in [3.05, 3.63) is 62.5 Å². The predicted molar refractivity (Wildman–Crippen MR) is 105 cm³/mol. The molecule has 0 saturated carbocycles. The maximum atomic E-state index is 5.46. The molecule has 3 nitrogen and oxygen atoms in total. The van der Waals surface area contributed by atoms with Gasteiger partial charge in [-0.05, 0) is 49.2 Å². The fourth-order valence-corrected chi connectivity index (χ4v) is 4.63. The van der Waals surface area contributed by atoms with E-state index in [4.69, 9.17) is 4.74 Å². The molecule has 0 aromatic heterocycles. The van der Waals surface area contributed by atoms with Crippen LogP contribution in [0.1, 0.15) is 30.0 Å². The zero-order valence-electron chi connectivity index (χ0n) is 13.7. The maximum Gasteiger partial charge on any atom is 0.123 e. The molecule has 2 N–H and O–H groups in total. The maximum absolute atomic E-state index is 5.46. The molecule has 24 heavy (non-hydrogen) atoms. The standard InChI is InChI=1S/C19H22Br2N2O/c1-24-18-7-3-2-5-13(18)12-23-17-6-4-8-22-19(17)14-9-15(20)11-16(21)10-14/h2-3,5,7,9-11,17,19,22-23H,4,6,8,12H2,1H3. The van der Waals surface area contributed by atoms with E-state index >= 15 is 0 Å². The zero-order chi connectivity index (χ0) is 16.9. The number of halogens is 2. The van der Waals surface area contributed by atoms with Gasteiger partial charge in [-0.15, -0.1) is 0 Å². The lowest BCUT2D eigenvalue weighted by Gasteiger charge is -2.34. The number of rotatable bonds is 5. The van der Waals surface area contributed by atoms with E-state index in [9.17, 15) is 0 Å². The minimum atomic E-state index is 0.308. The Labute approximate surface area is 160 Å². The summed E-state index contributed by atoms with van der Waals surface area (Å²) in [4.78, 5) is 0. The van der Waals surface area contributed by atoms with E-state index in [1.54, 1.807) is 7.11 Å². The summed E-state index contributed by atoms with van der Waals surface area (Å²) < 4.78 is 7.66. The Kier molecular flexibility index (Phi) is 6.33. The quantitative estimate of drug-likeness (QED) is 0.681. The number of ether oxygens (including phenoxy) is 1. The molecule has 2 unspecified atom stereocenters. The fourth-order valence-electron chi connectivity index (χ4n) is 3.30. The van der Waals surface area contributed by atoms with Crippen LogP contribution in [0.15, 0.2) is 51.4 Å². The number of piperidine rings is 1. The van der Waals surface area contributed by atoms with Crippen LogP contribution in [0, 0.1) is 0 Å². The normalized spacial score (nSPS) is 20.8. The minimum absolute atomic E-state index is 0.308. The van der Waals surface area contributed by atoms with Gasteiger partial charge in [0, 0.05) is 33.1 Å². The van der Waals surface area contributed by atoms with Gasteiger partial charge in [-0.1, -0.05) is 50.1 Å². The van der Waals surface area contributed by atoms with Gasteiger partial charge in [0.05, 0.1) is 7.11 Å². The van der Waals surface area contributed by atoms with Crippen LogP contribution in [-0.2, 0) is 6.54 Å². The molecular formula is C19H22Br2N2O. The van der Waals surface area contributed by atoms with E-state index in [-0.39, 0.29) is 0 Å². The lowest BCUT2D eigenvalue weighted by atomic mass is 9.92. The smallest absolute Gasteiger partial charge is 0.123 e. The molecule has 0 spiro atoms. The van der Waals surface area contributed by atoms with Gasteiger partial charge in [0.15, 0.2) is 0 Å². The largest absolute Gasteiger partial charge is 0.496 e. The average Bonchev–Trinajstić information content (AvgIpc) is 2.59. The van der Waals surface area contributed by atoms with Gasteiger partial charge in [-0.3, -0.25) is 0 Å². The highest BCUT2D eigenvalue weighted by Gasteiger charge is 2.26. The highest BCUT2D eigenvalue weighted by Crippen LogP contribution is 2.29. The molecule has 0 amide bonds. The SMILES string of the molecule is COc1ccccc1CNC1CCCNC1c1cc(Br)cc(Br)c1. The Hall–Kier alpha value is -0.880. The number of benzene rings is 2. The molecule has 1 saturated heterocycles. The molecule has 2 aromatic rings. The Balaban J connectivity index is 1.75. The highest BCUT2D eigenvalue weighted by atomic mass is 79.9. The summed E-state index contributed by atoms with van der Waals surface area (Å²) in [5, 5.41) is 7.40. The highest BCUT2D eigenvalue weighted by molar-refractivity contribution is 9.11. The summed E-state index contributed by atoms with van der Waals surface area (Å²) in [5.74, 6) is 0.940. The van der Waals surface area contributed by atoms with Crippen LogP contribution in [0.4, 0.5) is 0 Å². The zero-order valence-corrected chi connectivity index (χ0v) is 16.9. The molecule has 1 fully saturated rings. The second-order valence-corrected chi connectivity index (χ2v) is 7.91. The fraction of sp³-hybridized carbons (Fsp3) is 0.368. The summed E-state index contributed by atoms with van der Waals surface area (Å²) in [7, 11) is 1.73. The summed E-state index contributed by atoms with van der Waals surface area (Å²) in [6.45, 7) is 1.86. The monoisotopic (exact) mass is 452 g/mol. The van der Waals surface area contributed by atoms with Crippen LogP contribution in [-0.4, -0.2) is 19.7 Å². The van der Waals surface area contributed by atoms with E-state index in [2.05, 4.69) is 72.8 Å². The molecule has 128 valence electrons. The summed E-state index contributed by atoms with van der Waals surface area (Å²) in [5.41, 5.74) is 2.49. The molecule has 5 heteroatoms. The van der Waals surface area contributed by atoms with Crippen LogP contribution in [0.25, 0.3) is 0 Å².